The summed E-state index contributed by atoms with van der Waals surface area (Å²) in [7, 11) is 0. The molecule has 160 valence electrons. The highest BCUT2D eigenvalue weighted by Crippen LogP contribution is 2.41. The molecular weight excluding hydrogens is 524 g/mol. The third-order valence-corrected chi connectivity index (χ3v) is 7.27. The molecule has 1 heterocycles. The molecule has 0 radical (unpaired) electrons. The van der Waals surface area contributed by atoms with Crippen molar-refractivity contribution in [3.8, 4) is 0 Å². The van der Waals surface area contributed by atoms with Crippen molar-refractivity contribution in [2.45, 2.75) is 33.1 Å². The van der Waals surface area contributed by atoms with Gasteiger partial charge in [0.2, 0.25) is 0 Å². The number of halogens is 2. The third kappa shape index (κ3) is 4.26. The van der Waals surface area contributed by atoms with Gasteiger partial charge in [-0.3, -0.25) is 0 Å². The molecule has 2 aliphatic rings. The third-order valence-electron chi connectivity index (χ3n) is 6.21. The van der Waals surface area contributed by atoms with Crippen molar-refractivity contribution >= 4 is 60.7 Å². The second-order valence-electron chi connectivity index (χ2n) is 8.47. The molecule has 1 N–H and O–H groups in total. The van der Waals surface area contributed by atoms with Crippen LogP contribution < -0.4 is 5.32 Å². The lowest BCUT2D eigenvalue weighted by atomic mass is 9.84. The van der Waals surface area contributed by atoms with Crippen LogP contribution in [-0.4, -0.2) is 5.71 Å². The highest BCUT2D eigenvalue weighted by atomic mass is 79.9. The molecule has 2 nitrogen and oxygen atoms in total. The molecule has 0 bridgehead atoms. The molecular formula is C28H24Br2N2. The molecule has 32 heavy (non-hydrogen) atoms. The summed E-state index contributed by atoms with van der Waals surface area (Å²) in [5, 5.41) is 3.77. The monoisotopic (exact) mass is 546 g/mol. The predicted molar refractivity (Wildman–Crippen MR) is 144 cm³/mol. The fourth-order valence-electron chi connectivity index (χ4n) is 4.36. The van der Waals surface area contributed by atoms with Gasteiger partial charge in [-0.2, -0.15) is 0 Å². The maximum atomic E-state index is 5.26. The van der Waals surface area contributed by atoms with E-state index < -0.39 is 0 Å². The van der Waals surface area contributed by atoms with E-state index >= 15 is 0 Å². The fourth-order valence-corrected chi connectivity index (χ4v) is 4.89. The Hall–Kier alpha value is -2.43. The van der Waals surface area contributed by atoms with E-state index in [2.05, 4.69) is 118 Å². The molecule has 0 amide bonds. The molecule has 5 rings (SSSR count). The minimum absolute atomic E-state index is 1.01. The normalized spacial score (nSPS) is 16.8. The summed E-state index contributed by atoms with van der Waals surface area (Å²) in [6.07, 6.45) is 5.47. The Morgan fingerprint density at radius 2 is 1.50 bits per heavy atom. The van der Waals surface area contributed by atoms with Crippen molar-refractivity contribution in [1.82, 2.24) is 0 Å². The molecule has 0 aromatic heterocycles. The number of rotatable bonds is 2. The minimum atomic E-state index is 1.01. The van der Waals surface area contributed by atoms with Gasteiger partial charge in [0.15, 0.2) is 0 Å². The number of allylic oxidation sites excluding steroid dienone is 2. The van der Waals surface area contributed by atoms with Crippen LogP contribution in [0.4, 0.5) is 11.4 Å². The van der Waals surface area contributed by atoms with Crippen LogP contribution >= 0.6 is 31.9 Å². The Bertz CT molecular complexity index is 1280. The van der Waals surface area contributed by atoms with Gasteiger partial charge in [0, 0.05) is 14.5 Å². The van der Waals surface area contributed by atoms with E-state index in [4.69, 9.17) is 4.99 Å². The van der Waals surface area contributed by atoms with Crippen LogP contribution in [-0.2, 0) is 0 Å². The Morgan fingerprint density at radius 1 is 0.844 bits per heavy atom. The van der Waals surface area contributed by atoms with Gasteiger partial charge < -0.3 is 5.32 Å². The number of hydrogen-bond acceptors (Lipinski definition) is 2. The zero-order valence-corrected chi connectivity index (χ0v) is 21.3. The number of benzene rings is 3. The van der Waals surface area contributed by atoms with Crippen LogP contribution in [0.15, 0.2) is 85.7 Å². The number of hydrogen-bond donors (Lipinski definition) is 1. The van der Waals surface area contributed by atoms with Crippen molar-refractivity contribution in [3.63, 3.8) is 0 Å². The number of nitrogens with one attached hydrogen (secondary N) is 1. The van der Waals surface area contributed by atoms with E-state index in [1.807, 2.05) is 0 Å². The van der Waals surface area contributed by atoms with E-state index in [0.717, 1.165) is 45.3 Å². The fraction of sp³-hybridized carbons (Fsp3) is 0.179. The summed E-state index contributed by atoms with van der Waals surface area (Å²) in [6, 6.07) is 21.5. The summed E-state index contributed by atoms with van der Waals surface area (Å²) >= 11 is 7.12. The Kier molecular flexibility index (Phi) is 5.92. The summed E-state index contributed by atoms with van der Waals surface area (Å²) in [5.41, 5.74) is 11.9. The van der Waals surface area contributed by atoms with Gasteiger partial charge in [0.05, 0.1) is 22.8 Å². The molecule has 1 aliphatic carbocycles. The standard InChI is InChI=1S/C28H24Br2N2/c1-17-14-25-26(15-18(17)2)32-28-21(16-19-6-10-22(29)11-7-19)4-3-5-24(28)27(31-25)20-8-12-23(30)13-9-20/h6-16,31H,3-5H2,1-2H3/b21-16+. The predicted octanol–water partition coefficient (Wildman–Crippen LogP) is 9.01. The second kappa shape index (κ2) is 8.84. The van der Waals surface area contributed by atoms with Crippen LogP contribution in [0.25, 0.3) is 11.8 Å². The van der Waals surface area contributed by atoms with Crippen molar-refractivity contribution < 1.29 is 0 Å². The lowest BCUT2D eigenvalue weighted by Crippen LogP contribution is -2.16. The molecule has 1 fully saturated rings. The lowest BCUT2D eigenvalue weighted by molar-refractivity contribution is 0.816. The van der Waals surface area contributed by atoms with Crippen LogP contribution in [0.1, 0.15) is 41.5 Å². The summed E-state index contributed by atoms with van der Waals surface area (Å²) < 4.78 is 2.18. The molecule has 0 atom stereocenters. The van der Waals surface area contributed by atoms with E-state index in [0.29, 0.717) is 0 Å². The molecule has 4 heteroatoms. The Balaban J connectivity index is 1.72. The SMILES string of the molecule is Cc1cc2c(cc1C)NC(c1ccc(Br)cc1)=C1CCC/C(=C\c3ccc(Br)cc3)C1=N2. The van der Waals surface area contributed by atoms with Crippen molar-refractivity contribution in [1.29, 1.82) is 0 Å². The maximum Gasteiger partial charge on any atom is 0.0874 e. The molecule has 1 aliphatic heterocycles. The van der Waals surface area contributed by atoms with Gasteiger partial charge >= 0.3 is 0 Å². The van der Waals surface area contributed by atoms with Crippen LogP contribution in [0.2, 0.25) is 0 Å². The molecule has 3 aromatic rings. The van der Waals surface area contributed by atoms with Gasteiger partial charge in [-0.25, -0.2) is 4.99 Å². The average Bonchev–Trinajstić information content (AvgIpc) is 2.94. The number of nitrogens with zero attached hydrogens (tertiary/aromatic N) is 1. The minimum Gasteiger partial charge on any atom is -0.353 e. The number of aliphatic imine (C=N–C) groups is 1. The van der Waals surface area contributed by atoms with E-state index in [1.165, 1.54) is 39.1 Å². The summed E-state index contributed by atoms with van der Waals surface area (Å²) in [5.74, 6) is 0. The first-order valence-corrected chi connectivity index (χ1v) is 12.5. The van der Waals surface area contributed by atoms with Gasteiger partial charge in [-0.05, 0) is 103 Å². The molecule has 0 spiro atoms. The zero-order chi connectivity index (χ0) is 22.2. The van der Waals surface area contributed by atoms with Crippen molar-refractivity contribution in [3.05, 3.63) is 103 Å². The molecule has 0 unspecified atom stereocenters. The largest absolute Gasteiger partial charge is 0.353 e. The molecule has 0 saturated heterocycles. The van der Waals surface area contributed by atoms with E-state index in [-0.39, 0.29) is 0 Å². The van der Waals surface area contributed by atoms with Gasteiger partial charge in [-0.1, -0.05) is 56.1 Å². The second-order valence-corrected chi connectivity index (χ2v) is 10.3. The van der Waals surface area contributed by atoms with Gasteiger partial charge in [-0.15, -0.1) is 0 Å². The first-order valence-electron chi connectivity index (χ1n) is 10.9. The first kappa shape index (κ1) is 21.4. The summed E-state index contributed by atoms with van der Waals surface area (Å²) in [4.78, 5) is 5.26. The van der Waals surface area contributed by atoms with Crippen molar-refractivity contribution in [2.75, 3.05) is 5.32 Å². The van der Waals surface area contributed by atoms with Crippen LogP contribution in [0.5, 0.6) is 0 Å². The lowest BCUT2D eigenvalue weighted by Gasteiger charge is -2.23. The smallest absolute Gasteiger partial charge is 0.0874 e. The maximum absolute atomic E-state index is 5.26. The summed E-state index contributed by atoms with van der Waals surface area (Å²) in [6.45, 7) is 4.32. The van der Waals surface area contributed by atoms with Crippen LogP contribution in [0.3, 0.4) is 0 Å². The number of fused-ring (bicyclic) bond motifs is 2. The number of aryl methyl sites for hydroxylation is 2. The first-order chi connectivity index (χ1) is 15.5. The Labute approximate surface area is 206 Å². The quantitative estimate of drug-likeness (QED) is 0.340. The van der Waals surface area contributed by atoms with E-state index in [1.54, 1.807) is 0 Å². The van der Waals surface area contributed by atoms with Gasteiger partial charge in [0.25, 0.3) is 0 Å². The number of anilines is 1. The highest BCUT2D eigenvalue weighted by molar-refractivity contribution is 9.10. The molecule has 1 saturated carbocycles. The van der Waals surface area contributed by atoms with Crippen molar-refractivity contribution in [2.24, 2.45) is 4.99 Å². The van der Waals surface area contributed by atoms with E-state index in [9.17, 15) is 0 Å². The Morgan fingerprint density at radius 3 is 2.22 bits per heavy atom. The topological polar surface area (TPSA) is 24.4 Å². The average molecular weight is 548 g/mol. The van der Waals surface area contributed by atoms with Crippen LogP contribution in [0, 0.1) is 13.8 Å². The zero-order valence-electron chi connectivity index (χ0n) is 18.2. The highest BCUT2D eigenvalue weighted by Gasteiger charge is 2.26. The molecule has 3 aromatic carbocycles. The van der Waals surface area contributed by atoms with Gasteiger partial charge in [0.1, 0.15) is 0 Å².